The zero-order chi connectivity index (χ0) is 13.0. The van der Waals surface area contributed by atoms with Crippen molar-refractivity contribution in [3.8, 4) is 0 Å². The molecule has 6 nitrogen and oxygen atoms in total. The van der Waals surface area contributed by atoms with Crippen molar-refractivity contribution >= 4 is 35.0 Å². The number of pyridine rings is 1. The fourth-order valence-electron chi connectivity index (χ4n) is 1.25. The Labute approximate surface area is 118 Å². The smallest absolute Gasteiger partial charge is 0.209 e. The number of thioether (sulfide) groups is 1. The molecule has 0 spiro atoms. The number of nitrogens with zero attached hydrogens (tertiary/aromatic N) is 5. The average molecular weight is 305 g/mol. The van der Waals surface area contributed by atoms with Gasteiger partial charge in [0.2, 0.25) is 5.16 Å². The Hall–Kier alpha value is -0.890. The standard InChI is InChI=1S/C9H10Cl2N6S/c10-7-2-1-6(8(11)13-7)5-18-9-14-15-16-17(9)4-3-12/h1-2H,3-5,12H2. The third kappa shape index (κ3) is 3.32. The summed E-state index contributed by atoms with van der Waals surface area (Å²) in [6, 6.07) is 3.54. The van der Waals surface area contributed by atoms with Gasteiger partial charge in [0.15, 0.2) is 0 Å². The quantitative estimate of drug-likeness (QED) is 0.668. The predicted molar refractivity (Wildman–Crippen MR) is 70.7 cm³/mol. The van der Waals surface area contributed by atoms with E-state index < -0.39 is 0 Å². The van der Waals surface area contributed by atoms with Crippen LogP contribution in [0.2, 0.25) is 10.3 Å². The van der Waals surface area contributed by atoms with Gasteiger partial charge < -0.3 is 5.73 Å². The minimum atomic E-state index is 0.377. The number of nitrogens with two attached hydrogens (primary N) is 1. The highest BCUT2D eigenvalue weighted by Gasteiger charge is 2.09. The number of tetrazole rings is 1. The van der Waals surface area contributed by atoms with Gasteiger partial charge in [0.25, 0.3) is 0 Å². The molecule has 9 heteroatoms. The third-order valence-corrected chi connectivity index (χ3v) is 3.63. The van der Waals surface area contributed by atoms with Crippen LogP contribution in [0.25, 0.3) is 0 Å². The maximum atomic E-state index is 5.98. The normalized spacial score (nSPS) is 10.8. The van der Waals surface area contributed by atoms with Gasteiger partial charge >= 0.3 is 0 Å². The van der Waals surface area contributed by atoms with Gasteiger partial charge in [0.05, 0.1) is 6.54 Å². The number of hydrogen-bond donors (Lipinski definition) is 1. The van der Waals surface area contributed by atoms with Crippen LogP contribution in [-0.4, -0.2) is 31.7 Å². The molecule has 96 valence electrons. The zero-order valence-electron chi connectivity index (χ0n) is 9.25. The van der Waals surface area contributed by atoms with Crippen molar-refractivity contribution in [3.63, 3.8) is 0 Å². The van der Waals surface area contributed by atoms with Crippen molar-refractivity contribution < 1.29 is 0 Å². The van der Waals surface area contributed by atoms with Gasteiger partial charge in [-0.25, -0.2) is 9.67 Å². The second-order valence-corrected chi connectivity index (χ2v) is 5.03. The van der Waals surface area contributed by atoms with E-state index in [4.69, 9.17) is 28.9 Å². The highest BCUT2D eigenvalue weighted by Crippen LogP contribution is 2.25. The number of rotatable bonds is 5. The third-order valence-electron chi connectivity index (χ3n) is 2.09. The van der Waals surface area contributed by atoms with Crippen LogP contribution in [0.5, 0.6) is 0 Å². The van der Waals surface area contributed by atoms with Crippen LogP contribution < -0.4 is 5.73 Å². The lowest BCUT2D eigenvalue weighted by Gasteiger charge is -2.04. The lowest BCUT2D eigenvalue weighted by atomic mass is 10.3. The molecule has 2 N–H and O–H groups in total. The fraction of sp³-hybridized carbons (Fsp3) is 0.333. The fourth-order valence-corrected chi connectivity index (χ4v) is 2.63. The van der Waals surface area contributed by atoms with Crippen molar-refractivity contribution in [3.05, 3.63) is 28.0 Å². The first-order chi connectivity index (χ1) is 8.70. The molecule has 0 unspecified atom stereocenters. The average Bonchev–Trinajstić information content (AvgIpc) is 2.76. The van der Waals surface area contributed by atoms with Crippen LogP contribution in [0.3, 0.4) is 0 Å². The van der Waals surface area contributed by atoms with Gasteiger partial charge in [0, 0.05) is 12.3 Å². The molecule has 0 radical (unpaired) electrons. The van der Waals surface area contributed by atoms with Gasteiger partial charge in [-0.1, -0.05) is 41.0 Å². The van der Waals surface area contributed by atoms with Crippen LogP contribution in [0.15, 0.2) is 17.3 Å². The number of hydrogen-bond acceptors (Lipinski definition) is 6. The van der Waals surface area contributed by atoms with Crippen molar-refractivity contribution in [2.24, 2.45) is 5.73 Å². The summed E-state index contributed by atoms with van der Waals surface area (Å²) in [5.74, 6) is 0.619. The summed E-state index contributed by atoms with van der Waals surface area (Å²) < 4.78 is 1.65. The first-order valence-corrected chi connectivity index (χ1v) is 6.85. The van der Waals surface area contributed by atoms with Gasteiger partial charge in [0.1, 0.15) is 10.3 Å². The maximum Gasteiger partial charge on any atom is 0.209 e. The monoisotopic (exact) mass is 304 g/mol. The predicted octanol–water partition coefficient (Wildman–Crippen LogP) is 1.63. The van der Waals surface area contributed by atoms with Crippen LogP contribution in [0.1, 0.15) is 5.56 Å². The van der Waals surface area contributed by atoms with Crippen molar-refractivity contribution in [2.45, 2.75) is 17.5 Å². The van der Waals surface area contributed by atoms with Crippen molar-refractivity contribution in [1.29, 1.82) is 0 Å². The van der Waals surface area contributed by atoms with E-state index in [0.717, 1.165) is 5.56 Å². The minimum Gasteiger partial charge on any atom is -0.329 e. The lowest BCUT2D eigenvalue weighted by Crippen LogP contribution is -2.12. The molecule has 0 fully saturated rings. The molecule has 2 rings (SSSR count). The van der Waals surface area contributed by atoms with E-state index >= 15 is 0 Å². The van der Waals surface area contributed by atoms with Crippen molar-refractivity contribution in [2.75, 3.05) is 6.54 Å². The van der Waals surface area contributed by atoms with E-state index in [-0.39, 0.29) is 0 Å². The Bertz CT molecular complexity index is 532. The molecule has 0 saturated heterocycles. The summed E-state index contributed by atoms with van der Waals surface area (Å²) in [6.07, 6.45) is 0. The van der Waals surface area contributed by atoms with E-state index in [0.29, 0.717) is 34.3 Å². The van der Waals surface area contributed by atoms with Crippen LogP contribution in [-0.2, 0) is 12.3 Å². The molecule has 2 heterocycles. The van der Waals surface area contributed by atoms with E-state index in [1.807, 2.05) is 6.07 Å². The largest absolute Gasteiger partial charge is 0.329 e. The summed E-state index contributed by atoms with van der Waals surface area (Å²) in [4.78, 5) is 3.97. The van der Waals surface area contributed by atoms with E-state index in [9.17, 15) is 0 Å². The van der Waals surface area contributed by atoms with E-state index in [1.54, 1.807) is 10.7 Å². The SMILES string of the molecule is NCCn1nnnc1SCc1ccc(Cl)nc1Cl. The summed E-state index contributed by atoms with van der Waals surface area (Å²) >= 11 is 13.2. The summed E-state index contributed by atoms with van der Waals surface area (Å²) in [5.41, 5.74) is 6.35. The first-order valence-electron chi connectivity index (χ1n) is 5.10. The molecule has 0 aliphatic heterocycles. The summed E-state index contributed by atoms with van der Waals surface area (Å²) in [6.45, 7) is 1.07. The van der Waals surface area contributed by atoms with Gasteiger partial charge in [-0.3, -0.25) is 0 Å². The van der Waals surface area contributed by atoms with Gasteiger partial charge in [-0.05, 0) is 22.1 Å². The second kappa shape index (κ2) is 6.33. The minimum absolute atomic E-state index is 0.377. The zero-order valence-corrected chi connectivity index (χ0v) is 11.6. The highest BCUT2D eigenvalue weighted by atomic mass is 35.5. The summed E-state index contributed by atoms with van der Waals surface area (Å²) in [7, 11) is 0. The first kappa shape index (κ1) is 13.5. The second-order valence-electron chi connectivity index (χ2n) is 3.35. The Kier molecular flexibility index (Phi) is 4.76. The number of halogens is 2. The Balaban J connectivity index is 2.04. The molecule has 0 aromatic carbocycles. The lowest BCUT2D eigenvalue weighted by molar-refractivity contribution is 0.557. The molecular weight excluding hydrogens is 295 g/mol. The summed E-state index contributed by atoms with van der Waals surface area (Å²) in [5, 5.41) is 12.8. The van der Waals surface area contributed by atoms with Crippen LogP contribution in [0.4, 0.5) is 0 Å². The molecule has 2 aromatic rings. The Morgan fingerprint density at radius 2 is 2.17 bits per heavy atom. The van der Waals surface area contributed by atoms with E-state index in [1.165, 1.54) is 11.8 Å². The van der Waals surface area contributed by atoms with Crippen LogP contribution in [0, 0.1) is 0 Å². The Morgan fingerprint density at radius 1 is 1.33 bits per heavy atom. The highest BCUT2D eigenvalue weighted by molar-refractivity contribution is 7.98. The van der Waals surface area contributed by atoms with Crippen LogP contribution >= 0.6 is 35.0 Å². The molecule has 18 heavy (non-hydrogen) atoms. The molecule has 0 bridgehead atoms. The maximum absolute atomic E-state index is 5.98. The molecule has 0 atom stereocenters. The van der Waals surface area contributed by atoms with Gasteiger partial charge in [-0.15, -0.1) is 5.10 Å². The molecule has 0 saturated carbocycles. The molecule has 2 aromatic heterocycles. The van der Waals surface area contributed by atoms with Gasteiger partial charge in [-0.2, -0.15) is 0 Å². The molecule has 0 aliphatic rings. The molecule has 0 amide bonds. The molecular formula is C9H10Cl2N6S. The topological polar surface area (TPSA) is 82.5 Å². The van der Waals surface area contributed by atoms with Crippen molar-refractivity contribution in [1.82, 2.24) is 25.2 Å². The molecule has 0 aliphatic carbocycles. The number of aromatic nitrogens is 5. The Morgan fingerprint density at radius 3 is 2.89 bits per heavy atom. The van der Waals surface area contributed by atoms with E-state index in [2.05, 4.69) is 20.5 Å².